The summed E-state index contributed by atoms with van der Waals surface area (Å²) in [5.74, 6) is 0.967. The maximum absolute atomic E-state index is 4.10. The Hall–Kier alpha value is -0.770. The van der Waals surface area contributed by atoms with Crippen molar-refractivity contribution >= 4 is 11.8 Å². The molecule has 0 fully saturated rings. The summed E-state index contributed by atoms with van der Waals surface area (Å²) >= 11 is 1.69. The molecule has 1 aromatic heterocycles. The quantitative estimate of drug-likeness (QED) is 0.529. The Balaban J connectivity index is 2.44. The van der Waals surface area contributed by atoms with E-state index in [1.807, 2.05) is 7.05 Å². The molecule has 0 saturated carbocycles. The molecule has 0 amide bonds. The minimum atomic E-state index is 0.965. The first-order valence-electron chi connectivity index (χ1n) is 3.80. The Morgan fingerprint density at radius 1 is 1.67 bits per heavy atom. The van der Waals surface area contributed by atoms with Crippen LogP contribution in [0.15, 0.2) is 23.1 Å². The van der Waals surface area contributed by atoms with Gasteiger partial charge >= 0.3 is 0 Å². The van der Waals surface area contributed by atoms with E-state index in [9.17, 15) is 0 Å². The molecule has 66 valence electrons. The van der Waals surface area contributed by atoms with Gasteiger partial charge in [-0.2, -0.15) is 5.10 Å². The van der Waals surface area contributed by atoms with Gasteiger partial charge in [0.2, 0.25) is 0 Å². The van der Waals surface area contributed by atoms with Crippen LogP contribution in [-0.2, 0) is 7.05 Å². The maximum Gasteiger partial charge on any atom is 0.186 e. The smallest absolute Gasteiger partial charge is 0.186 e. The molecule has 1 heterocycles. The summed E-state index contributed by atoms with van der Waals surface area (Å²) in [6.07, 6.45) is 3.75. The molecule has 0 aromatic carbocycles. The Morgan fingerprint density at radius 3 is 2.92 bits per heavy atom. The Kier molecular flexibility index (Phi) is 3.34. The van der Waals surface area contributed by atoms with Crippen LogP contribution in [0.2, 0.25) is 0 Å². The zero-order chi connectivity index (χ0) is 8.97. The van der Waals surface area contributed by atoms with Crippen LogP contribution in [0.25, 0.3) is 0 Å². The number of hydrogen-bond acceptors (Lipinski definition) is 3. The summed E-state index contributed by atoms with van der Waals surface area (Å²) in [5.41, 5.74) is 1.34. The van der Waals surface area contributed by atoms with E-state index < -0.39 is 0 Å². The van der Waals surface area contributed by atoms with Crippen LogP contribution in [0.4, 0.5) is 0 Å². The van der Waals surface area contributed by atoms with Crippen LogP contribution >= 0.6 is 11.8 Å². The van der Waals surface area contributed by atoms with Crippen molar-refractivity contribution in [1.29, 1.82) is 0 Å². The minimum absolute atomic E-state index is 0.965. The van der Waals surface area contributed by atoms with Gasteiger partial charge < -0.3 is 0 Å². The molecule has 0 aliphatic carbocycles. The summed E-state index contributed by atoms with van der Waals surface area (Å²) in [6, 6.07) is 0. The largest absolute Gasteiger partial charge is 0.244 e. The molecule has 0 aliphatic rings. The minimum Gasteiger partial charge on any atom is -0.244 e. The first kappa shape index (κ1) is 9.32. The van der Waals surface area contributed by atoms with E-state index in [2.05, 4.69) is 30.0 Å². The molecule has 0 atom stereocenters. The first-order chi connectivity index (χ1) is 5.70. The van der Waals surface area contributed by atoms with Crippen molar-refractivity contribution < 1.29 is 0 Å². The van der Waals surface area contributed by atoms with Gasteiger partial charge in [-0.3, -0.25) is 0 Å². The summed E-state index contributed by atoms with van der Waals surface area (Å²) < 4.78 is 1.78. The third-order valence-electron chi connectivity index (χ3n) is 1.37. The van der Waals surface area contributed by atoms with Gasteiger partial charge in [0.1, 0.15) is 6.33 Å². The van der Waals surface area contributed by atoms with E-state index in [0.29, 0.717) is 0 Å². The zero-order valence-electron chi connectivity index (χ0n) is 7.61. The van der Waals surface area contributed by atoms with Gasteiger partial charge in [-0.1, -0.05) is 23.4 Å². The fourth-order valence-corrected chi connectivity index (χ4v) is 1.62. The van der Waals surface area contributed by atoms with Gasteiger partial charge in [-0.25, -0.2) is 9.67 Å². The van der Waals surface area contributed by atoms with Gasteiger partial charge in [0.25, 0.3) is 0 Å². The summed E-state index contributed by atoms with van der Waals surface area (Å²) in [5, 5.41) is 4.94. The van der Waals surface area contributed by atoms with Crippen LogP contribution in [0.3, 0.4) is 0 Å². The van der Waals surface area contributed by atoms with Crippen molar-refractivity contribution in [1.82, 2.24) is 14.8 Å². The maximum atomic E-state index is 4.10. The van der Waals surface area contributed by atoms with Crippen LogP contribution in [0, 0.1) is 0 Å². The van der Waals surface area contributed by atoms with Crippen LogP contribution in [-0.4, -0.2) is 20.5 Å². The van der Waals surface area contributed by atoms with Crippen molar-refractivity contribution in [3.63, 3.8) is 0 Å². The summed E-state index contributed by atoms with van der Waals surface area (Å²) in [7, 11) is 1.90. The van der Waals surface area contributed by atoms with Crippen molar-refractivity contribution in [2.24, 2.45) is 7.05 Å². The first-order valence-corrected chi connectivity index (χ1v) is 4.79. The molecular weight excluding hydrogens is 170 g/mol. The van der Waals surface area contributed by atoms with E-state index in [4.69, 9.17) is 0 Å². The zero-order valence-corrected chi connectivity index (χ0v) is 8.43. The lowest BCUT2D eigenvalue weighted by atomic mass is 10.3. The van der Waals surface area contributed by atoms with E-state index in [1.165, 1.54) is 5.57 Å². The molecule has 0 radical (unpaired) electrons. The number of aryl methyl sites for hydroxylation is 1. The number of thioether (sulfide) groups is 1. The lowest BCUT2D eigenvalue weighted by Crippen LogP contribution is -1.92. The molecule has 0 unspecified atom stereocenters. The Bertz CT molecular complexity index is 274. The highest BCUT2D eigenvalue weighted by atomic mass is 32.2. The third kappa shape index (κ3) is 2.70. The summed E-state index contributed by atoms with van der Waals surface area (Å²) in [4.78, 5) is 4.10. The predicted molar refractivity (Wildman–Crippen MR) is 51.2 cm³/mol. The molecule has 12 heavy (non-hydrogen) atoms. The molecule has 0 N–H and O–H groups in total. The third-order valence-corrected chi connectivity index (χ3v) is 2.34. The van der Waals surface area contributed by atoms with Crippen molar-refractivity contribution in [2.45, 2.75) is 19.0 Å². The number of allylic oxidation sites excluding steroid dienone is 1. The van der Waals surface area contributed by atoms with E-state index >= 15 is 0 Å². The van der Waals surface area contributed by atoms with E-state index in [1.54, 1.807) is 22.8 Å². The fraction of sp³-hybridized carbons (Fsp3) is 0.500. The fourth-order valence-electron chi connectivity index (χ4n) is 0.699. The van der Waals surface area contributed by atoms with Crippen LogP contribution < -0.4 is 0 Å². The second-order valence-corrected chi connectivity index (χ2v) is 3.75. The van der Waals surface area contributed by atoms with Crippen molar-refractivity contribution in [3.8, 4) is 0 Å². The predicted octanol–water partition coefficient (Wildman–Crippen LogP) is 1.87. The van der Waals surface area contributed by atoms with Crippen LogP contribution in [0.5, 0.6) is 0 Å². The number of aromatic nitrogens is 3. The van der Waals surface area contributed by atoms with Gasteiger partial charge in [0, 0.05) is 12.8 Å². The lowest BCUT2D eigenvalue weighted by molar-refractivity contribution is 0.685. The van der Waals surface area contributed by atoms with Gasteiger partial charge in [0.05, 0.1) is 0 Å². The second-order valence-electron chi connectivity index (χ2n) is 2.76. The molecule has 0 saturated heterocycles. The summed E-state index contributed by atoms with van der Waals surface area (Å²) in [6.45, 7) is 4.19. The highest BCUT2D eigenvalue weighted by Crippen LogP contribution is 2.13. The molecule has 4 heteroatoms. The van der Waals surface area contributed by atoms with Crippen molar-refractivity contribution in [2.75, 3.05) is 5.75 Å². The van der Waals surface area contributed by atoms with Gasteiger partial charge in [-0.15, -0.1) is 0 Å². The lowest BCUT2D eigenvalue weighted by Gasteiger charge is -1.96. The molecule has 0 bridgehead atoms. The van der Waals surface area contributed by atoms with Gasteiger partial charge in [-0.05, 0) is 13.8 Å². The Morgan fingerprint density at radius 2 is 2.42 bits per heavy atom. The molecule has 1 aromatic rings. The van der Waals surface area contributed by atoms with E-state index in [-0.39, 0.29) is 0 Å². The molecular formula is C8H13N3S. The molecule has 1 rings (SSSR count). The monoisotopic (exact) mass is 183 g/mol. The second kappa shape index (κ2) is 4.30. The average Bonchev–Trinajstić information content (AvgIpc) is 2.36. The average molecular weight is 183 g/mol. The normalized spacial score (nSPS) is 9.92. The highest BCUT2D eigenvalue weighted by molar-refractivity contribution is 7.99. The standard InChI is InChI=1S/C8H13N3S/c1-7(2)4-5-12-8-9-6-10-11(8)3/h4,6H,5H2,1-3H3. The highest BCUT2D eigenvalue weighted by Gasteiger charge is 1.97. The molecule has 3 nitrogen and oxygen atoms in total. The van der Waals surface area contributed by atoms with Crippen LogP contribution in [0.1, 0.15) is 13.8 Å². The SMILES string of the molecule is CC(C)=CCSc1ncnn1C. The van der Waals surface area contributed by atoms with Crippen molar-refractivity contribution in [3.05, 3.63) is 18.0 Å². The number of rotatable bonds is 3. The van der Waals surface area contributed by atoms with Gasteiger partial charge in [0.15, 0.2) is 5.16 Å². The van der Waals surface area contributed by atoms with E-state index in [0.717, 1.165) is 10.9 Å². The Labute approximate surface area is 76.9 Å². The number of hydrogen-bond donors (Lipinski definition) is 0. The molecule has 0 aliphatic heterocycles. The number of nitrogens with zero attached hydrogens (tertiary/aromatic N) is 3. The topological polar surface area (TPSA) is 30.7 Å². The molecule has 0 spiro atoms.